The van der Waals surface area contributed by atoms with E-state index in [1.807, 2.05) is 6.92 Å². The smallest absolute Gasteiger partial charge is 0.264 e. The third kappa shape index (κ3) is 2.77. The normalized spacial score (nSPS) is 11.3. The first-order chi connectivity index (χ1) is 9.45. The number of nitrogens with zero attached hydrogens (tertiary/aromatic N) is 1. The van der Waals surface area contributed by atoms with Crippen molar-refractivity contribution < 1.29 is 8.42 Å². The molecular weight excluding hydrogens is 276 g/mol. The van der Waals surface area contributed by atoms with E-state index in [1.54, 1.807) is 38.1 Å². The molecule has 0 spiro atoms. The maximum absolute atomic E-state index is 12.5. The van der Waals surface area contributed by atoms with Crippen LogP contribution in [-0.2, 0) is 10.0 Å². The summed E-state index contributed by atoms with van der Waals surface area (Å²) in [6.45, 7) is 6.09. The van der Waals surface area contributed by atoms with Gasteiger partial charge in [-0.15, -0.1) is 0 Å². The zero-order valence-corrected chi connectivity index (χ0v) is 12.5. The fourth-order valence-electron chi connectivity index (χ4n) is 1.93. The molecule has 2 aromatic rings. The molecule has 3 N–H and O–H groups in total. The first kappa shape index (κ1) is 14.4. The average molecular weight is 294 g/mol. The second kappa shape index (κ2) is 5.54. The zero-order chi connectivity index (χ0) is 14.8. The Balaban J connectivity index is 2.41. The molecular formula is C13H18N4O2S. The quantitative estimate of drug-likeness (QED) is 0.789. The summed E-state index contributed by atoms with van der Waals surface area (Å²) in [4.78, 5) is 0.224. The van der Waals surface area contributed by atoms with Crippen LogP contribution in [0.15, 0.2) is 29.2 Å². The summed E-state index contributed by atoms with van der Waals surface area (Å²) >= 11 is 0. The number of aromatic nitrogens is 2. The van der Waals surface area contributed by atoms with E-state index in [-0.39, 0.29) is 4.90 Å². The monoisotopic (exact) mass is 294 g/mol. The number of hydrogen-bond acceptors (Lipinski definition) is 4. The van der Waals surface area contributed by atoms with E-state index in [0.29, 0.717) is 29.3 Å². The summed E-state index contributed by atoms with van der Waals surface area (Å²) in [5.74, 6) is 0. The van der Waals surface area contributed by atoms with Gasteiger partial charge in [-0.1, -0.05) is 12.1 Å². The van der Waals surface area contributed by atoms with Crippen LogP contribution in [0.5, 0.6) is 0 Å². The minimum absolute atomic E-state index is 0.224. The minimum atomic E-state index is -3.65. The number of benzene rings is 1. The molecule has 0 saturated carbocycles. The van der Waals surface area contributed by atoms with Crippen LogP contribution in [0.2, 0.25) is 0 Å². The largest absolute Gasteiger partial charge is 0.384 e. The highest BCUT2D eigenvalue weighted by atomic mass is 32.2. The van der Waals surface area contributed by atoms with Gasteiger partial charge in [0.1, 0.15) is 4.90 Å². The second-order valence-corrected chi connectivity index (χ2v) is 6.09. The van der Waals surface area contributed by atoms with Gasteiger partial charge in [0.2, 0.25) is 0 Å². The van der Waals surface area contributed by atoms with Gasteiger partial charge in [-0.25, -0.2) is 8.42 Å². The van der Waals surface area contributed by atoms with Crippen LogP contribution >= 0.6 is 0 Å². The van der Waals surface area contributed by atoms with E-state index in [0.717, 1.165) is 0 Å². The highest BCUT2D eigenvalue weighted by Crippen LogP contribution is 2.25. The molecule has 0 aliphatic heterocycles. The fraction of sp³-hybridized carbons (Fsp3) is 0.308. The summed E-state index contributed by atoms with van der Waals surface area (Å²) < 4.78 is 27.6. The molecule has 0 saturated heterocycles. The number of anilines is 2. The lowest BCUT2D eigenvalue weighted by Gasteiger charge is -2.13. The molecule has 0 aliphatic rings. The predicted octanol–water partition coefficient (Wildman–Crippen LogP) is 2.26. The average Bonchev–Trinajstić information content (AvgIpc) is 2.71. The van der Waals surface area contributed by atoms with E-state index in [1.165, 1.54) is 0 Å². The lowest BCUT2D eigenvalue weighted by Crippen LogP contribution is -2.16. The van der Waals surface area contributed by atoms with Gasteiger partial charge < -0.3 is 5.32 Å². The number of H-pyrrole nitrogens is 1. The van der Waals surface area contributed by atoms with Crippen LogP contribution in [-0.4, -0.2) is 25.2 Å². The Bertz CT molecular complexity index is 687. The van der Waals surface area contributed by atoms with Crippen LogP contribution in [0.1, 0.15) is 18.3 Å². The molecule has 1 heterocycles. The van der Waals surface area contributed by atoms with Gasteiger partial charge in [0.15, 0.2) is 0 Å². The molecule has 2 rings (SSSR count). The van der Waals surface area contributed by atoms with Gasteiger partial charge in [0.05, 0.1) is 22.8 Å². The Labute approximate surface area is 118 Å². The third-order valence-corrected chi connectivity index (χ3v) is 4.32. The molecule has 1 aromatic carbocycles. The molecule has 7 heteroatoms. The van der Waals surface area contributed by atoms with E-state index < -0.39 is 10.0 Å². The van der Waals surface area contributed by atoms with Crippen molar-refractivity contribution in [3.63, 3.8) is 0 Å². The number of aryl methyl sites for hydroxylation is 2. The van der Waals surface area contributed by atoms with Crippen molar-refractivity contribution in [1.29, 1.82) is 0 Å². The molecule has 1 aromatic heterocycles. The van der Waals surface area contributed by atoms with Crippen molar-refractivity contribution in [1.82, 2.24) is 10.2 Å². The lowest BCUT2D eigenvalue weighted by molar-refractivity contribution is 0.601. The Hall–Kier alpha value is -2.02. The maximum atomic E-state index is 12.5. The van der Waals surface area contributed by atoms with Crippen molar-refractivity contribution in [2.45, 2.75) is 25.7 Å². The summed E-state index contributed by atoms with van der Waals surface area (Å²) in [6, 6.07) is 6.81. The highest BCUT2D eigenvalue weighted by Gasteiger charge is 2.20. The summed E-state index contributed by atoms with van der Waals surface area (Å²) in [6.07, 6.45) is 0. The standard InChI is InChI=1S/C13H18N4O2S/c1-4-14-11-7-5-6-8-12(11)20(18,19)17-13-9(2)15-16-10(13)3/h5-8,14,17H,4H2,1-3H3,(H,15,16). The third-order valence-electron chi connectivity index (χ3n) is 2.91. The van der Waals surface area contributed by atoms with Gasteiger partial charge >= 0.3 is 0 Å². The molecule has 0 fully saturated rings. The van der Waals surface area contributed by atoms with E-state index in [4.69, 9.17) is 0 Å². The zero-order valence-electron chi connectivity index (χ0n) is 11.7. The Morgan fingerprint density at radius 1 is 1.25 bits per heavy atom. The summed E-state index contributed by atoms with van der Waals surface area (Å²) in [7, 11) is -3.65. The summed E-state index contributed by atoms with van der Waals surface area (Å²) in [5.41, 5.74) is 2.39. The Morgan fingerprint density at radius 3 is 2.55 bits per heavy atom. The van der Waals surface area contributed by atoms with Crippen molar-refractivity contribution in [3.05, 3.63) is 35.7 Å². The van der Waals surface area contributed by atoms with Crippen LogP contribution < -0.4 is 10.0 Å². The van der Waals surface area contributed by atoms with Crippen LogP contribution in [0.4, 0.5) is 11.4 Å². The molecule has 0 radical (unpaired) electrons. The number of sulfonamides is 1. The SMILES string of the molecule is CCNc1ccccc1S(=O)(=O)Nc1c(C)n[nH]c1C. The van der Waals surface area contributed by atoms with Gasteiger partial charge in [-0.05, 0) is 32.9 Å². The van der Waals surface area contributed by atoms with E-state index in [2.05, 4.69) is 20.2 Å². The molecule has 20 heavy (non-hydrogen) atoms. The van der Waals surface area contributed by atoms with Crippen molar-refractivity contribution in [3.8, 4) is 0 Å². The van der Waals surface area contributed by atoms with E-state index in [9.17, 15) is 8.42 Å². The van der Waals surface area contributed by atoms with Gasteiger partial charge in [-0.3, -0.25) is 9.82 Å². The summed E-state index contributed by atoms with van der Waals surface area (Å²) in [5, 5.41) is 9.79. The second-order valence-electron chi connectivity index (χ2n) is 4.44. The van der Waals surface area contributed by atoms with Crippen molar-refractivity contribution in [2.75, 3.05) is 16.6 Å². The molecule has 0 aliphatic carbocycles. The first-order valence-electron chi connectivity index (χ1n) is 6.33. The molecule has 6 nitrogen and oxygen atoms in total. The van der Waals surface area contributed by atoms with Crippen molar-refractivity contribution >= 4 is 21.4 Å². The number of hydrogen-bond donors (Lipinski definition) is 3. The van der Waals surface area contributed by atoms with Gasteiger partial charge in [-0.2, -0.15) is 5.10 Å². The molecule has 0 bridgehead atoms. The first-order valence-corrected chi connectivity index (χ1v) is 7.81. The topological polar surface area (TPSA) is 86.9 Å². The highest BCUT2D eigenvalue weighted by molar-refractivity contribution is 7.92. The lowest BCUT2D eigenvalue weighted by atomic mass is 10.3. The molecule has 0 amide bonds. The Kier molecular flexibility index (Phi) is 3.99. The fourth-order valence-corrected chi connectivity index (χ4v) is 3.30. The van der Waals surface area contributed by atoms with Crippen LogP contribution in [0.3, 0.4) is 0 Å². The predicted molar refractivity (Wildman–Crippen MR) is 79.5 cm³/mol. The van der Waals surface area contributed by atoms with Gasteiger partial charge in [0, 0.05) is 6.54 Å². The minimum Gasteiger partial charge on any atom is -0.384 e. The number of para-hydroxylation sites is 1. The van der Waals surface area contributed by atoms with Crippen LogP contribution in [0.25, 0.3) is 0 Å². The molecule has 0 atom stereocenters. The van der Waals surface area contributed by atoms with Crippen LogP contribution in [0, 0.1) is 13.8 Å². The molecule has 0 unspecified atom stereocenters. The van der Waals surface area contributed by atoms with Crippen molar-refractivity contribution in [2.24, 2.45) is 0 Å². The number of aromatic amines is 1. The van der Waals surface area contributed by atoms with E-state index >= 15 is 0 Å². The van der Waals surface area contributed by atoms with Gasteiger partial charge in [0.25, 0.3) is 10.0 Å². The number of rotatable bonds is 5. The Morgan fingerprint density at radius 2 is 1.95 bits per heavy atom. The maximum Gasteiger partial charge on any atom is 0.264 e. The molecule has 108 valence electrons. The number of nitrogens with one attached hydrogen (secondary N) is 3.